The van der Waals surface area contributed by atoms with E-state index < -0.39 is 17.2 Å². The molecule has 2 N–H and O–H groups in total. The summed E-state index contributed by atoms with van der Waals surface area (Å²) in [6.07, 6.45) is 1.60. The molecule has 1 atom stereocenters. The first-order valence-electron chi connectivity index (χ1n) is 10.5. The SMILES string of the molecule is CC(Sc1nnc(-c2ccc(Cl)cc2)n1Cc1ccco1)C(=O)NC(=O)NCc1ccccc1. The van der Waals surface area contributed by atoms with E-state index in [4.69, 9.17) is 16.0 Å². The summed E-state index contributed by atoms with van der Waals surface area (Å²) in [7, 11) is 0. The minimum Gasteiger partial charge on any atom is -0.467 e. The number of aromatic nitrogens is 3. The van der Waals surface area contributed by atoms with Crippen molar-refractivity contribution in [3.63, 3.8) is 0 Å². The summed E-state index contributed by atoms with van der Waals surface area (Å²) in [5.41, 5.74) is 1.76. The number of halogens is 1. The first-order valence-corrected chi connectivity index (χ1v) is 11.8. The third-order valence-electron chi connectivity index (χ3n) is 4.90. The zero-order valence-corrected chi connectivity index (χ0v) is 19.8. The van der Waals surface area contributed by atoms with E-state index in [1.54, 1.807) is 31.4 Å². The van der Waals surface area contributed by atoms with E-state index in [1.165, 1.54) is 11.8 Å². The number of thioether (sulfide) groups is 1. The number of rotatable bonds is 8. The Morgan fingerprint density at radius 2 is 1.82 bits per heavy atom. The van der Waals surface area contributed by atoms with Crippen molar-refractivity contribution in [3.8, 4) is 11.4 Å². The molecule has 4 aromatic rings. The summed E-state index contributed by atoms with van der Waals surface area (Å²) in [6, 6.07) is 19.8. The summed E-state index contributed by atoms with van der Waals surface area (Å²) in [6.45, 7) is 2.41. The van der Waals surface area contributed by atoms with Gasteiger partial charge in [-0.1, -0.05) is 53.7 Å². The number of carbonyl (C=O) groups is 2. The highest BCUT2D eigenvalue weighted by Gasteiger charge is 2.23. The first-order chi connectivity index (χ1) is 16.5. The number of carbonyl (C=O) groups excluding carboxylic acids is 2. The molecule has 0 bridgehead atoms. The molecule has 0 aliphatic heterocycles. The summed E-state index contributed by atoms with van der Waals surface area (Å²) in [4.78, 5) is 24.8. The van der Waals surface area contributed by atoms with Gasteiger partial charge in [-0.3, -0.25) is 14.7 Å². The van der Waals surface area contributed by atoms with Gasteiger partial charge in [0.25, 0.3) is 0 Å². The smallest absolute Gasteiger partial charge is 0.321 e. The van der Waals surface area contributed by atoms with Gasteiger partial charge in [-0.15, -0.1) is 10.2 Å². The molecule has 0 spiro atoms. The summed E-state index contributed by atoms with van der Waals surface area (Å²) >= 11 is 7.23. The van der Waals surface area contributed by atoms with Gasteiger partial charge >= 0.3 is 6.03 Å². The summed E-state index contributed by atoms with van der Waals surface area (Å²) in [5, 5.41) is 14.2. The van der Waals surface area contributed by atoms with Crippen LogP contribution in [0.2, 0.25) is 5.02 Å². The minimum atomic E-state index is -0.597. The quantitative estimate of drug-likeness (QED) is 0.342. The van der Waals surface area contributed by atoms with Gasteiger partial charge in [-0.2, -0.15) is 0 Å². The number of imide groups is 1. The third kappa shape index (κ3) is 6.06. The molecular formula is C24H22ClN5O3S. The number of urea groups is 1. The van der Waals surface area contributed by atoms with Crippen LogP contribution in [0.1, 0.15) is 18.2 Å². The van der Waals surface area contributed by atoms with Crippen LogP contribution in [-0.2, 0) is 17.9 Å². The van der Waals surface area contributed by atoms with Gasteiger partial charge in [0.2, 0.25) is 5.91 Å². The van der Waals surface area contributed by atoms with Crippen LogP contribution in [-0.4, -0.2) is 32.0 Å². The highest BCUT2D eigenvalue weighted by atomic mass is 35.5. The molecule has 0 radical (unpaired) electrons. The molecule has 0 aliphatic rings. The van der Waals surface area contributed by atoms with Crippen molar-refractivity contribution in [3.05, 3.63) is 89.3 Å². The van der Waals surface area contributed by atoms with E-state index in [0.29, 0.717) is 34.9 Å². The lowest BCUT2D eigenvalue weighted by Crippen LogP contribution is -2.42. The Kier molecular flexibility index (Phi) is 7.66. The second-order valence-electron chi connectivity index (χ2n) is 7.40. The zero-order valence-electron chi connectivity index (χ0n) is 18.3. The average molecular weight is 496 g/mol. The minimum absolute atomic E-state index is 0.323. The molecule has 3 amide bonds. The van der Waals surface area contributed by atoms with E-state index in [1.807, 2.05) is 53.1 Å². The molecule has 0 aliphatic carbocycles. The predicted octanol–water partition coefficient (Wildman–Crippen LogP) is 4.75. The van der Waals surface area contributed by atoms with E-state index in [2.05, 4.69) is 20.8 Å². The Hall–Kier alpha value is -3.56. The number of furan rings is 1. The largest absolute Gasteiger partial charge is 0.467 e. The van der Waals surface area contributed by atoms with Gasteiger partial charge < -0.3 is 9.73 Å². The summed E-state index contributed by atoms with van der Waals surface area (Å²) in [5.74, 6) is 0.897. The van der Waals surface area contributed by atoms with Crippen molar-refractivity contribution in [2.45, 2.75) is 30.4 Å². The molecule has 10 heteroatoms. The number of benzene rings is 2. The fraction of sp³-hybridized carbons (Fsp3) is 0.167. The predicted molar refractivity (Wildman–Crippen MR) is 130 cm³/mol. The Morgan fingerprint density at radius 3 is 2.53 bits per heavy atom. The molecule has 2 aromatic carbocycles. The molecule has 174 valence electrons. The van der Waals surface area contributed by atoms with Crippen LogP contribution in [0.25, 0.3) is 11.4 Å². The summed E-state index contributed by atoms with van der Waals surface area (Å²) < 4.78 is 7.37. The maximum absolute atomic E-state index is 12.6. The van der Waals surface area contributed by atoms with E-state index in [-0.39, 0.29) is 0 Å². The van der Waals surface area contributed by atoms with Gasteiger partial charge in [-0.05, 0) is 48.9 Å². The number of amides is 3. The van der Waals surface area contributed by atoms with Crippen molar-refractivity contribution in [1.82, 2.24) is 25.4 Å². The van der Waals surface area contributed by atoms with Crippen molar-refractivity contribution in [2.75, 3.05) is 0 Å². The van der Waals surface area contributed by atoms with Crippen LogP contribution in [0.4, 0.5) is 4.79 Å². The highest BCUT2D eigenvalue weighted by molar-refractivity contribution is 8.00. The molecule has 8 nitrogen and oxygen atoms in total. The van der Waals surface area contributed by atoms with E-state index in [0.717, 1.165) is 11.1 Å². The number of hydrogen-bond donors (Lipinski definition) is 2. The van der Waals surface area contributed by atoms with Crippen LogP contribution in [0.5, 0.6) is 0 Å². The highest BCUT2D eigenvalue weighted by Crippen LogP contribution is 2.28. The molecule has 1 unspecified atom stereocenters. The molecule has 4 rings (SSSR count). The Balaban J connectivity index is 1.44. The molecular weight excluding hydrogens is 474 g/mol. The van der Waals surface area contributed by atoms with Crippen LogP contribution in [0.15, 0.2) is 82.6 Å². The molecule has 2 aromatic heterocycles. The molecule has 0 saturated heterocycles. The monoisotopic (exact) mass is 495 g/mol. The fourth-order valence-corrected chi connectivity index (χ4v) is 4.11. The van der Waals surface area contributed by atoms with Crippen LogP contribution in [0.3, 0.4) is 0 Å². The molecule has 0 fully saturated rings. The van der Waals surface area contributed by atoms with Gasteiger partial charge in [0.1, 0.15) is 5.76 Å². The maximum atomic E-state index is 12.6. The van der Waals surface area contributed by atoms with E-state index >= 15 is 0 Å². The molecule has 0 saturated carbocycles. The Bertz CT molecular complexity index is 1240. The van der Waals surface area contributed by atoms with Gasteiger partial charge in [0, 0.05) is 17.1 Å². The average Bonchev–Trinajstić information content (AvgIpc) is 3.50. The number of nitrogens with one attached hydrogen (secondary N) is 2. The normalized spacial score (nSPS) is 11.7. The Morgan fingerprint density at radius 1 is 1.06 bits per heavy atom. The van der Waals surface area contributed by atoms with Gasteiger partial charge in [0.05, 0.1) is 18.1 Å². The maximum Gasteiger partial charge on any atom is 0.321 e. The van der Waals surface area contributed by atoms with E-state index in [9.17, 15) is 9.59 Å². The lowest BCUT2D eigenvalue weighted by molar-refractivity contribution is -0.119. The second kappa shape index (κ2) is 11.0. The lowest BCUT2D eigenvalue weighted by Gasteiger charge is -2.13. The zero-order chi connectivity index (χ0) is 23.9. The van der Waals surface area contributed by atoms with Crippen molar-refractivity contribution >= 4 is 35.3 Å². The number of nitrogens with zero attached hydrogens (tertiary/aromatic N) is 3. The van der Waals surface area contributed by atoms with Crippen molar-refractivity contribution < 1.29 is 14.0 Å². The van der Waals surface area contributed by atoms with Gasteiger partial charge in [-0.25, -0.2) is 4.79 Å². The van der Waals surface area contributed by atoms with Crippen molar-refractivity contribution in [2.24, 2.45) is 0 Å². The fourth-order valence-electron chi connectivity index (χ4n) is 3.14. The van der Waals surface area contributed by atoms with Crippen LogP contribution in [0, 0.1) is 0 Å². The number of hydrogen-bond acceptors (Lipinski definition) is 6. The van der Waals surface area contributed by atoms with Crippen molar-refractivity contribution in [1.29, 1.82) is 0 Å². The Labute approximate surface area is 205 Å². The van der Waals surface area contributed by atoms with Crippen LogP contribution < -0.4 is 10.6 Å². The van der Waals surface area contributed by atoms with Gasteiger partial charge in [0.15, 0.2) is 11.0 Å². The lowest BCUT2D eigenvalue weighted by atomic mass is 10.2. The standard InChI is InChI=1S/C24H22ClN5O3S/c1-16(22(31)27-23(32)26-14-17-6-3-2-4-7-17)34-24-29-28-21(18-9-11-19(25)12-10-18)30(24)15-20-8-5-13-33-20/h2-13,16H,14-15H2,1H3,(H2,26,27,31,32). The first kappa shape index (κ1) is 23.6. The molecule has 2 heterocycles. The third-order valence-corrected chi connectivity index (χ3v) is 6.23. The topological polar surface area (TPSA) is 102 Å². The molecule has 34 heavy (non-hydrogen) atoms. The van der Waals surface area contributed by atoms with Crippen LogP contribution >= 0.6 is 23.4 Å². The second-order valence-corrected chi connectivity index (χ2v) is 9.14.